The van der Waals surface area contributed by atoms with Gasteiger partial charge in [0.2, 0.25) is 0 Å². The van der Waals surface area contributed by atoms with E-state index in [9.17, 15) is 9.18 Å². The van der Waals surface area contributed by atoms with Gasteiger partial charge >= 0.3 is 5.97 Å². The molecule has 0 fully saturated rings. The molecule has 0 aliphatic heterocycles. The van der Waals surface area contributed by atoms with E-state index in [1.807, 2.05) is 0 Å². The second-order valence-electron chi connectivity index (χ2n) is 6.12. The highest BCUT2D eigenvalue weighted by atomic mass is 19.1. The molecule has 30 heavy (non-hydrogen) atoms. The van der Waals surface area contributed by atoms with Gasteiger partial charge < -0.3 is 15.0 Å². The summed E-state index contributed by atoms with van der Waals surface area (Å²) in [6.07, 6.45) is 5.78. The first-order chi connectivity index (χ1) is 14.5. The Morgan fingerprint density at radius 1 is 1.33 bits per heavy atom. The predicted octanol–water partition coefficient (Wildman–Crippen LogP) is 3.57. The van der Waals surface area contributed by atoms with Crippen LogP contribution in [0.1, 0.15) is 31.1 Å². The summed E-state index contributed by atoms with van der Waals surface area (Å²) in [5, 5.41) is 8.43. The highest BCUT2D eigenvalue weighted by Crippen LogP contribution is 2.26. The number of anilines is 1. The lowest BCUT2D eigenvalue weighted by molar-refractivity contribution is 0.0527. The molecule has 0 atom stereocenters. The lowest BCUT2D eigenvalue weighted by Crippen LogP contribution is -2.11. The first kappa shape index (κ1) is 20.9. The van der Waals surface area contributed by atoms with E-state index < -0.39 is 5.97 Å². The Kier molecular flexibility index (Phi) is 6.35. The molecule has 0 amide bonds. The van der Waals surface area contributed by atoms with Crippen LogP contribution in [0.25, 0.3) is 22.9 Å². The number of nitrogens with two attached hydrogens (primary N) is 1. The third-order valence-electron chi connectivity index (χ3n) is 4.25. The number of ether oxygens (including phenoxy) is 1. The molecule has 0 radical (unpaired) electrons. The number of hydrogen-bond donors (Lipinski definition) is 1. The van der Waals surface area contributed by atoms with E-state index in [0.29, 0.717) is 22.7 Å². The van der Waals surface area contributed by atoms with Crippen LogP contribution in [0.3, 0.4) is 0 Å². The lowest BCUT2D eigenvalue weighted by atomic mass is 10.2. The number of aromatic nitrogens is 5. The van der Waals surface area contributed by atoms with Crippen molar-refractivity contribution in [3.63, 3.8) is 0 Å². The molecule has 0 spiro atoms. The van der Waals surface area contributed by atoms with Crippen LogP contribution in [0.15, 0.2) is 52.7 Å². The van der Waals surface area contributed by atoms with E-state index in [-0.39, 0.29) is 36.2 Å². The van der Waals surface area contributed by atoms with E-state index in [1.54, 1.807) is 43.7 Å². The van der Waals surface area contributed by atoms with Gasteiger partial charge in [-0.15, -0.1) is 0 Å². The summed E-state index contributed by atoms with van der Waals surface area (Å²) in [7, 11) is 0. The quantitative estimate of drug-likeness (QED) is 0.462. The fourth-order valence-electron chi connectivity index (χ4n) is 2.73. The molecule has 3 heterocycles. The fraction of sp³-hybridized carbons (Fsp3) is 0.250. The Hall–Kier alpha value is -3.82. The molecule has 0 saturated heterocycles. The van der Waals surface area contributed by atoms with Crippen LogP contribution in [-0.2, 0) is 11.3 Å². The van der Waals surface area contributed by atoms with Crippen molar-refractivity contribution < 1.29 is 18.4 Å². The number of nitrogens with zero attached hydrogens (tertiary/aromatic N) is 5. The molecule has 3 aromatic rings. The number of allylic oxidation sites excluding steroid dienone is 4. The molecule has 3 rings (SSSR count). The van der Waals surface area contributed by atoms with Crippen molar-refractivity contribution in [1.29, 1.82) is 0 Å². The van der Waals surface area contributed by atoms with E-state index >= 15 is 0 Å². The molecule has 3 aromatic heterocycles. The Labute approximate surface area is 172 Å². The van der Waals surface area contributed by atoms with E-state index in [2.05, 4.69) is 20.2 Å². The first-order valence-corrected chi connectivity index (χ1v) is 9.24. The van der Waals surface area contributed by atoms with Gasteiger partial charge in [0.1, 0.15) is 34.9 Å². The summed E-state index contributed by atoms with van der Waals surface area (Å²) in [5.74, 6) is -0.766. The second-order valence-corrected chi connectivity index (χ2v) is 6.12. The second kappa shape index (κ2) is 9.12. The number of hydrogen-bond acceptors (Lipinski definition) is 8. The standard InChI is InChI=1S/C20H21FN6O3/c1-4-12(14(21)5-2)11-27-17(15-7-8-30-26-15)9-16(25-27)19-23-10-13(18(22)24-19)20(28)29-6-3/h4-5,7-10H,6,11H2,1-3H3,(H2,22,23,24)/b12-4-,14-5+. The van der Waals surface area contributed by atoms with Gasteiger partial charge in [-0.05, 0) is 26.8 Å². The zero-order valence-electron chi connectivity index (χ0n) is 16.8. The topological polar surface area (TPSA) is 122 Å². The van der Waals surface area contributed by atoms with Crippen molar-refractivity contribution in [3.05, 3.63) is 53.7 Å². The smallest absolute Gasteiger partial charge is 0.343 e. The molecule has 0 aliphatic rings. The van der Waals surface area contributed by atoms with Crippen LogP contribution in [0.4, 0.5) is 10.2 Å². The van der Waals surface area contributed by atoms with Crippen molar-refractivity contribution in [2.45, 2.75) is 27.3 Å². The van der Waals surface area contributed by atoms with Crippen LogP contribution < -0.4 is 5.73 Å². The minimum Gasteiger partial charge on any atom is -0.462 e. The number of halogens is 1. The van der Waals surface area contributed by atoms with Crippen LogP contribution >= 0.6 is 0 Å². The Balaban J connectivity index is 2.03. The Morgan fingerprint density at radius 3 is 2.73 bits per heavy atom. The van der Waals surface area contributed by atoms with Crippen LogP contribution in [-0.4, -0.2) is 37.5 Å². The van der Waals surface area contributed by atoms with Gasteiger partial charge in [-0.3, -0.25) is 4.68 Å². The highest BCUT2D eigenvalue weighted by Gasteiger charge is 2.19. The van der Waals surface area contributed by atoms with Crippen molar-refractivity contribution in [3.8, 4) is 22.9 Å². The summed E-state index contributed by atoms with van der Waals surface area (Å²) < 4.78 is 25.6. The van der Waals surface area contributed by atoms with E-state index in [0.717, 1.165) is 0 Å². The summed E-state index contributed by atoms with van der Waals surface area (Å²) >= 11 is 0. The summed E-state index contributed by atoms with van der Waals surface area (Å²) in [6, 6.07) is 3.36. The van der Waals surface area contributed by atoms with Gasteiger partial charge in [-0.1, -0.05) is 17.3 Å². The molecule has 10 heteroatoms. The SMILES string of the molecule is C/C=C(Cn1nc(-c2ncc(C(=O)OCC)c(N)n2)cc1-c1ccon1)\C(F)=C/C. The molecular weight excluding hydrogens is 391 g/mol. The maximum Gasteiger partial charge on any atom is 0.343 e. The van der Waals surface area contributed by atoms with Crippen LogP contribution in [0.2, 0.25) is 0 Å². The molecule has 2 N–H and O–H groups in total. The maximum atomic E-state index is 14.2. The fourth-order valence-corrected chi connectivity index (χ4v) is 2.73. The number of carbonyl (C=O) groups is 1. The summed E-state index contributed by atoms with van der Waals surface area (Å²) in [4.78, 5) is 20.3. The zero-order chi connectivity index (χ0) is 21.7. The van der Waals surface area contributed by atoms with Crippen LogP contribution in [0.5, 0.6) is 0 Å². The number of rotatable bonds is 7. The number of nitrogen functional groups attached to an aromatic ring is 1. The number of carbonyl (C=O) groups excluding carboxylic acids is 1. The van der Waals surface area contributed by atoms with Crippen molar-refractivity contribution in [2.24, 2.45) is 0 Å². The summed E-state index contributed by atoms with van der Waals surface area (Å²) in [5.41, 5.74) is 7.91. The molecule has 0 aromatic carbocycles. The van der Waals surface area contributed by atoms with Crippen molar-refractivity contribution >= 4 is 11.8 Å². The van der Waals surface area contributed by atoms with Gasteiger partial charge in [-0.2, -0.15) is 5.10 Å². The monoisotopic (exact) mass is 412 g/mol. The lowest BCUT2D eigenvalue weighted by Gasteiger charge is -2.08. The van der Waals surface area contributed by atoms with Gasteiger partial charge in [0.05, 0.1) is 18.8 Å². The summed E-state index contributed by atoms with van der Waals surface area (Å²) in [6.45, 7) is 5.42. The molecule has 0 unspecified atom stereocenters. The highest BCUT2D eigenvalue weighted by molar-refractivity contribution is 5.94. The Bertz CT molecular complexity index is 1100. The predicted molar refractivity (Wildman–Crippen MR) is 108 cm³/mol. The van der Waals surface area contributed by atoms with Gasteiger partial charge in [0, 0.05) is 17.8 Å². The minimum absolute atomic E-state index is 0.0231. The van der Waals surface area contributed by atoms with Crippen molar-refractivity contribution in [1.82, 2.24) is 24.9 Å². The van der Waals surface area contributed by atoms with E-state index in [1.165, 1.54) is 18.5 Å². The number of esters is 1. The van der Waals surface area contributed by atoms with Gasteiger partial charge in [0.15, 0.2) is 5.82 Å². The first-order valence-electron chi connectivity index (χ1n) is 9.24. The molecule has 0 bridgehead atoms. The molecule has 0 aliphatic carbocycles. The largest absolute Gasteiger partial charge is 0.462 e. The van der Waals surface area contributed by atoms with E-state index in [4.69, 9.17) is 15.0 Å². The zero-order valence-corrected chi connectivity index (χ0v) is 16.8. The molecule has 9 nitrogen and oxygen atoms in total. The third kappa shape index (κ3) is 4.27. The minimum atomic E-state index is -0.602. The average Bonchev–Trinajstić information content (AvgIpc) is 3.41. The third-order valence-corrected chi connectivity index (χ3v) is 4.25. The van der Waals surface area contributed by atoms with Crippen molar-refractivity contribution in [2.75, 3.05) is 12.3 Å². The molecule has 156 valence electrons. The van der Waals surface area contributed by atoms with Gasteiger partial charge in [-0.25, -0.2) is 19.2 Å². The van der Waals surface area contributed by atoms with Gasteiger partial charge in [0.25, 0.3) is 0 Å². The molecule has 0 saturated carbocycles. The average molecular weight is 412 g/mol. The van der Waals surface area contributed by atoms with Crippen LogP contribution in [0, 0.1) is 0 Å². The normalized spacial score (nSPS) is 12.3. The molecular formula is C20H21FN6O3. The Morgan fingerprint density at radius 2 is 2.13 bits per heavy atom. The maximum absolute atomic E-state index is 14.2.